The first-order valence-corrected chi connectivity index (χ1v) is 10.8. The van der Waals surface area contributed by atoms with Gasteiger partial charge >= 0.3 is 11.9 Å². The number of aromatic nitrogens is 4. The summed E-state index contributed by atoms with van der Waals surface area (Å²) in [6.45, 7) is 3.96. The number of hydrogen-bond donors (Lipinski definition) is 0. The molecular weight excluding hydrogens is 539 g/mol. The number of pyridine rings is 2. The van der Waals surface area contributed by atoms with Crippen molar-refractivity contribution >= 4 is 55.1 Å². The minimum Gasteiger partial charge on any atom is -0.461 e. The van der Waals surface area contributed by atoms with Gasteiger partial charge in [0.2, 0.25) is 11.6 Å². The van der Waals surface area contributed by atoms with Gasteiger partial charge in [0, 0.05) is 6.20 Å². The van der Waals surface area contributed by atoms with Crippen molar-refractivity contribution in [3.63, 3.8) is 0 Å². The summed E-state index contributed by atoms with van der Waals surface area (Å²) < 4.78 is 27.7. The fraction of sp³-hybridized carbons (Fsp3) is 0.200. The van der Waals surface area contributed by atoms with Crippen LogP contribution in [0.2, 0.25) is 0 Å². The Kier molecular flexibility index (Phi) is 7.39. The predicted molar refractivity (Wildman–Crippen MR) is 118 cm³/mol. The molecule has 0 aliphatic heterocycles. The minimum absolute atomic E-state index is 0.188. The Morgan fingerprint density at radius 2 is 1.55 bits per heavy atom. The van der Waals surface area contributed by atoms with Crippen LogP contribution in [-0.2, 0) is 9.47 Å². The Morgan fingerprint density at radius 3 is 2.16 bits per heavy atom. The first-order chi connectivity index (χ1) is 14.9. The third-order valence-electron chi connectivity index (χ3n) is 3.94. The summed E-state index contributed by atoms with van der Waals surface area (Å²) in [4.78, 5) is 30.8. The van der Waals surface area contributed by atoms with E-state index in [0.29, 0.717) is 28.2 Å². The quantitative estimate of drug-likeness (QED) is 0.268. The largest absolute Gasteiger partial charge is 0.461 e. The summed E-state index contributed by atoms with van der Waals surface area (Å²) in [5.41, 5.74) is 1.10. The first kappa shape index (κ1) is 22.9. The first-order valence-electron chi connectivity index (χ1n) is 9.17. The molecule has 0 atom stereocenters. The molecule has 0 spiro atoms. The molecule has 8 nitrogen and oxygen atoms in total. The topological polar surface area (TPSA) is 87.2 Å². The summed E-state index contributed by atoms with van der Waals surface area (Å²) in [6, 6.07) is 10.5. The Hall–Kier alpha value is -2.79. The molecule has 0 aliphatic rings. The summed E-state index contributed by atoms with van der Waals surface area (Å²) >= 11 is 6.55. The summed E-state index contributed by atoms with van der Waals surface area (Å²) in [7, 11) is 0. The van der Waals surface area contributed by atoms with E-state index in [0.717, 1.165) is 4.60 Å². The molecule has 31 heavy (non-hydrogen) atoms. The molecule has 0 bridgehead atoms. The van der Waals surface area contributed by atoms with Crippen molar-refractivity contribution in [2.45, 2.75) is 13.8 Å². The number of nitrogens with zero attached hydrogens (tertiary/aromatic N) is 4. The zero-order valence-electron chi connectivity index (χ0n) is 16.5. The highest BCUT2D eigenvalue weighted by molar-refractivity contribution is 9.10. The van der Waals surface area contributed by atoms with Gasteiger partial charge in [0.25, 0.3) is 0 Å². The van der Waals surface area contributed by atoms with Gasteiger partial charge in [0.15, 0.2) is 5.69 Å². The average Bonchev–Trinajstić information content (AvgIpc) is 3.32. The van der Waals surface area contributed by atoms with Crippen molar-refractivity contribution in [2.75, 3.05) is 13.2 Å². The average molecular weight is 556 g/mol. The number of carbonyl (C=O) groups excluding carboxylic acids is 2. The number of rotatable bonds is 4. The van der Waals surface area contributed by atoms with Crippen LogP contribution in [0.15, 0.2) is 51.8 Å². The molecule has 162 valence electrons. The maximum atomic E-state index is 13.8. The molecule has 11 heteroatoms. The smallest absolute Gasteiger partial charge is 0.361 e. The molecule has 4 heterocycles. The van der Waals surface area contributed by atoms with Crippen molar-refractivity contribution < 1.29 is 23.5 Å². The Morgan fingerprint density at radius 1 is 0.935 bits per heavy atom. The maximum Gasteiger partial charge on any atom is 0.361 e. The lowest BCUT2D eigenvalue weighted by Crippen LogP contribution is -2.07. The Balaban J connectivity index is 0.000000176. The zero-order chi connectivity index (χ0) is 22.5. The molecule has 4 aromatic heterocycles. The van der Waals surface area contributed by atoms with Gasteiger partial charge in [-0.25, -0.2) is 19.6 Å². The summed E-state index contributed by atoms with van der Waals surface area (Å²) in [5, 5.41) is 0. The lowest BCUT2D eigenvalue weighted by atomic mass is 10.5. The number of imidazole rings is 2. The minimum atomic E-state index is -0.754. The number of ether oxygens (including phenoxy) is 2. The van der Waals surface area contributed by atoms with Crippen LogP contribution in [0.5, 0.6) is 0 Å². The van der Waals surface area contributed by atoms with Gasteiger partial charge in [-0.15, -0.1) is 0 Å². The van der Waals surface area contributed by atoms with Crippen molar-refractivity contribution in [2.24, 2.45) is 0 Å². The highest BCUT2D eigenvalue weighted by Gasteiger charge is 2.21. The number of halogens is 3. The highest BCUT2D eigenvalue weighted by atomic mass is 79.9. The molecule has 0 fully saturated rings. The number of esters is 2. The van der Waals surface area contributed by atoms with Crippen LogP contribution in [0.4, 0.5) is 4.39 Å². The van der Waals surface area contributed by atoms with Crippen molar-refractivity contribution in [3.8, 4) is 0 Å². The lowest BCUT2D eigenvalue weighted by Gasteiger charge is -1.98. The van der Waals surface area contributed by atoms with E-state index in [-0.39, 0.29) is 12.3 Å². The molecule has 0 aliphatic carbocycles. The summed E-state index contributed by atoms with van der Waals surface area (Å²) in [6.07, 6.45) is 1.65. The van der Waals surface area contributed by atoms with Crippen LogP contribution in [-0.4, -0.2) is 43.9 Å². The third kappa shape index (κ3) is 4.93. The fourth-order valence-electron chi connectivity index (χ4n) is 2.63. The Bertz CT molecular complexity index is 1250. The number of carbonyl (C=O) groups is 2. The fourth-order valence-corrected chi connectivity index (χ4v) is 3.56. The van der Waals surface area contributed by atoms with Gasteiger partial charge in [0.05, 0.1) is 22.4 Å². The molecular formula is C20H17Br2FN4O4. The highest BCUT2D eigenvalue weighted by Crippen LogP contribution is 2.18. The van der Waals surface area contributed by atoms with E-state index >= 15 is 0 Å². The number of hydrogen-bond acceptors (Lipinski definition) is 6. The standard InChI is InChI=1S/C10H8BrFN2O2.C10H9BrN2O2/c1-2-16-10(15)8-9(12)14-6(11)4-3-5-7(14)13-8;1-2-15-10(14)7-6-13-8(11)4-3-5-9(13)12-7/h3-5H,2H2,1H3;3-6H,2H2,1H3. The van der Waals surface area contributed by atoms with Gasteiger partial charge in [-0.3, -0.25) is 8.80 Å². The van der Waals surface area contributed by atoms with Crippen LogP contribution in [0, 0.1) is 5.95 Å². The monoisotopic (exact) mass is 554 g/mol. The normalized spacial score (nSPS) is 10.6. The maximum absolute atomic E-state index is 13.8. The molecule has 4 rings (SSSR count). The van der Waals surface area contributed by atoms with Crippen LogP contribution in [0.1, 0.15) is 34.8 Å². The molecule has 0 saturated heterocycles. The molecule has 0 N–H and O–H groups in total. The van der Waals surface area contributed by atoms with Crippen molar-refractivity contribution in [1.29, 1.82) is 0 Å². The van der Waals surface area contributed by atoms with Gasteiger partial charge in [0.1, 0.15) is 11.3 Å². The van der Waals surface area contributed by atoms with E-state index in [9.17, 15) is 14.0 Å². The van der Waals surface area contributed by atoms with E-state index in [2.05, 4.69) is 41.8 Å². The molecule has 0 radical (unpaired) electrons. The lowest BCUT2D eigenvalue weighted by molar-refractivity contribution is 0.0507. The van der Waals surface area contributed by atoms with E-state index in [4.69, 9.17) is 9.47 Å². The van der Waals surface area contributed by atoms with E-state index in [1.54, 1.807) is 42.6 Å². The molecule has 4 aromatic rings. The molecule has 0 saturated carbocycles. The van der Waals surface area contributed by atoms with E-state index in [1.807, 2.05) is 18.2 Å². The zero-order valence-corrected chi connectivity index (χ0v) is 19.7. The van der Waals surface area contributed by atoms with Gasteiger partial charge in [-0.2, -0.15) is 4.39 Å². The van der Waals surface area contributed by atoms with Crippen molar-refractivity contribution in [1.82, 2.24) is 18.8 Å². The number of fused-ring (bicyclic) bond motifs is 2. The SMILES string of the molecule is CCOC(=O)c1cn2c(Br)cccc2n1.CCOC(=O)c1nc2cccc(Br)n2c1F. The molecule has 0 amide bonds. The second kappa shape index (κ2) is 10.0. The van der Waals surface area contributed by atoms with E-state index in [1.165, 1.54) is 4.40 Å². The van der Waals surface area contributed by atoms with Gasteiger partial charge < -0.3 is 9.47 Å². The third-order valence-corrected chi connectivity index (χ3v) is 5.20. The molecule has 0 unspecified atom stereocenters. The second-order valence-corrected chi connectivity index (χ2v) is 7.56. The molecule has 0 aromatic carbocycles. The second-order valence-electron chi connectivity index (χ2n) is 5.94. The van der Waals surface area contributed by atoms with Crippen LogP contribution >= 0.6 is 31.9 Å². The predicted octanol–water partition coefficient (Wildman–Crippen LogP) is 4.69. The van der Waals surface area contributed by atoms with Gasteiger partial charge in [-0.1, -0.05) is 12.1 Å². The van der Waals surface area contributed by atoms with Crippen molar-refractivity contribution in [3.05, 3.63) is 69.1 Å². The van der Waals surface area contributed by atoms with E-state index < -0.39 is 17.9 Å². The van der Waals surface area contributed by atoms with Crippen LogP contribution in [0.25, 0.3) is 11.3 Å². The summed E-state index contributed by atoms with van der Waals surface area (Å²) in [5.74, 6) is -1.87. The van der Waals surface area contributed by atoms with Gasteiger partial charge in [-0.05, 0) is 70.0 Å². The van der Waals surface area contributed by atoms with Crippen LogP contribution in [0.3, 0.4) is 0 Å². The van der Waals surface area contributed by atoms with Crippen LogP contribution < -0.4 is 0 Å². The Labute approximate surface area is 193 Å².